The summed E-state index contributed by atoms with van der Waals surface area (Å²) >= 11 is 0. The number of unbranched alkanes of at least 4 members (excludes halogenated alkanes) is 23. The molecular weight excluding hydrogens is 639 g/mol. The van der Waals surface area contributed by atoms with E-state index in [9.17, 15) is 15.0 Å². The van der Waals surface area contributed by atoms with Crippen LogP contribution in [0.1, 0.15) is 219 Å². The monoisotopic (exact) mass is 726 g/mol. The van der Waals surface area contributed by atoms with Crippen molar-refractivity contribution in [3.8, 4) is 0 Å². The lowest BCUT2D eigenvalue weighted by Crippen LogP contribution is -2.45. The number of aliphatic hydroxyl groups excluding tert-OH is 2. The quantitative estimate of drug-likeness (QED) is 0.0435. The van der Waals surface area contributed by atoms with Crippen LogP contribution in [0.3, 0.4) is 0 Å². The number of hydrogen-bond donors (Lipinski definition) is 3. The molecular formula is C48H87NO3. The Kier molecular flexibility index (Phi) is 41.9. The topological polar surface area (TPSA) is 69.6 Å². The van der Waals surface area contributed by atoms with Gasteiger partial charge in [0.05, 0.1) is 18.8 Å². The Bertz CT molecular complexity index is 873. The first-order valence-corrected chi connectivity index (χ1v) is 22.5. The van der Waals surface area contributed by atoms with Crippen LogP contribution in [0.5, 0.6) is 0 Å². The number of carbonyl (C=O) groups excluding carboxylic acids is 1. The maximum absolute atomic E-state index is 12.4. The molecule has 0 aromatic rings. The van der Waals surface area contributed by atoms with Gasteiger partial charge in [0.15, 0.2) is 0 Å². The van der Waals surface area contributed by atoms with E-state index in [2.05, 4.69) is 79.9 Å². The van der Waals surface area contributed by atoms with Crippen molar-refractivity contribution in [2.45, 2.75) is 231 Å². The third kappa shape index (κ3) is 39.3. The Balaban J connectivity index is 3.59. The van der Waals surface area contributed by atoms with Gasteiger partial charge in [0.25, 0.3) is 0 Å². The maximum atomic E-state index is 12.4. The van der Waals surface area contributed by atoms with Gasteiger partial charge in [-0.05, 0) is 57.8 Å². The van der Waals surface area contributed by atoms with E-state index < -0.39 is 12.1 Å². The fraction of sp³-hybridized carbons (Fsp3) is 0.771. The molecule has 0 aromatic heterocycles. The van der Waals surface area contributed by atoms with E-state index in [1.807, 2.05) is 0 Å². The maximum Gasteiger partial charge on any atom is 0.220 e. The lowest BCUT2D eigenvalue weighted by Gasteiger charge is -2.22. The first-order chi connectivity index (χ1) is 25.7. The van der Waals surface area contributed by atoms with Crippen LogP contribution in [0.2, 0.25) is 0 Å². The summed E-state index contributed by atoms with van der Waals surface area (Å²) in [6.07, 6.45) is 60.1. The smallest absolute Gasteiger partial charge is 0.220 e. The Hall–Kier alpha value is -1.91. The van der Waals surface area contributed by atoms with Crippen LogP contribution in [0.15, 0.2) is 60.8 Å². The van der Waals surface area contributed by atoms with E-state index in [1.54, 1.807) is 0 Å². The van der Waals surface area contributed by atoms with E-state index in [0.717, 1.165) is 70.6 Å². The van der Waals surface area contributed by atoms with Crippen molar-refractivity contribution in [1.82, 2.24) is 5.32 Å². The van der Waals surface area contributed by atoms with E-state index in [0.29, 0.717) is 12.8 Å². The molecule has 0 radical (unpaired) electrons. The number of aliphatic hydroxyl groups is 2. The fourth-order valence-corrected chi connectivity index (χ4v) is 6.62. The van der Waals surface area contributed by atoms with Crippen LogP contribution in [0, 0.1) is 0 Å². The first-order valence-electron chi connectivity index (χ1n) is 22.5. The largest absolute Gasteiger partial charge is 0.394 e. The highest BCUT2D eigenvalue weighted by Gasteiger charge is 2.19. The minimum atomic E-state index is -0.676. The second-order valence-corrected chi connectivity index (χ2v) is 15.1. The van der Waals surface area contributed by atoms with E-state index in [1.165, 1.54) is 122 Å². The van der Waals surface area contributed by atoms with E-state index in [-0.39, 0.29) is 12.5 Å². The predicted octanol–water partition coefficient (Wildman–Crippen LogP) is 14.1. The number of nitrogens with one attached hydrogen (secondary N) is 1. The first kappa shape index (κ1) is 50.1. The molecule has 2 atom stereocenters. The number of carbonyl (C=O) groups is 1. The molecule has 0 saturated heterocycles. The highest BCUT2D eigenvalue weighted by molar-refractivity contribution is 5.76. The molecule has 0 rings (SSSR count). The third-order valence-electron chi connectivity index (χ3n) is 10.0. The summed E-state index contributed by atoms with van der Waals surface area (Å²) in [6, 6.07) is -0.557. The number of amides is 1. The van der Waals surface area contributed by atoms with Gasteiger partial charge < -0.3 is 15.5 Å². The molecule has 4 heteroatoms. The van der Waals surface area contributed by atoms with Crippen molar-refractivity contribution in [2.24, 2.45) is 0 Å². The van der Waals surface area contributed by atoms with Crippen molar-refractivity contribution in [3.63, 3.8) is 0 Å². The number of hydrogen-bond acceptors (Lipinski definition) is 3. The number of allylic oxidation sites excluding steroid dienone is 10. The normalized spacial score (nSPS) is 13.5. The van der Waals surface area contributed by atoms with Gasteiger partial charge in [0, 0.05) is 6.42 Å². The summed E-state index contributed by atoms with van der Waals surface area (Å²) in [5.41, 5.74) is 0. The summed E-state index contributed by atoms with van der Waals surface area (Å²) < 4.78 is 0. The minimum absolute atomic E-state index is 0.0632. The van der Waals surface area contributed by atoms with Gasteiger partial charge in [-0.25, -0.2) is 0 Å². The van der Waals surface area contributed by atoms with Gasteiger partial charge in [0.2, 0.25) is 5.91 Å². The minimum Gasteiger partial charge on any atom is -0.394 e. The summed E-state index contributed by atoms with van der Waals surface area (Å²) in [4.78, 5) is 12.4. The van der Waals surface area contributed by atoms with Crippen molar-refractivity contribution in [2.75, 3.05) is 6.61 Å². The molecule has 0 aliphatic rings. The Morgan fingerprint density at radius 2 is 0.846 bits per heavy atom. The highest BCUT2D eigenvalue weighted by atomic mass is 16.3. The molecule has 1 amide bonds. The summed E-state index contributed by atoms with van der Waals surface area (Å²) in [5.74, 6) is -0.0632. The molecule has 52 heavy (non-hydrogen) atoms. The zero-order chi connectivity index (χ0) is 37.8. The molecule has 3 N–H and O–H groups in total. The Morgan fingerprint density at radius 1 is 0.481 bits per heavy atom. The second-order valence-electron chi connectivity index (χ2n) is 15.1. The molecule has 0 heterocycles. The molecule has 0 aliphatic heterocycles. The van der Waals surface area contributed by atoms with Crippen LogP contribution in [0.25, 0.3) is 0 Å². The van der Waals surface area contributed by atoms with Crippen LogP contribution < -0.4 is 5.32 Å². The molecule has 0 spiro atoms. The second kappa shape index (κ2) is 43.5. The molecule has 0 fully saturated rings. The average molecular weight is 726 g/mol. The highest BCUT2D eigenvalue weighted by Crippen LogP contribution is 2.16. The zero-order valence-electron chi connectivity index (χ0n) is 34.6. The SMILES string of the molecule is CC/C=C\C/C=C\C/C=C\C/C=C\C/C=C\CCCCCC(=O)NC(CO)C(O)CCCCCCCCCCCCCCCCCCCCCCC. The molecule has 0 bridgehead atoms. The van der Waals surface area contributed by atoms with Gasteiger partial charge in [-0.1, -0.05) is 216 Å². The van der Waals surface area contributed by atoms with Crippen LogP contribution >= 0.6 is 0 Å². The van der Waals surface area contributed by atoms with Crippen LogP contribution in [-0.2, 0) is 4.79 Å². The zero-order valence-corrected chi connectivity index (χ0v) is 34.6. The van der Waals surface area contributed by atoms with Crippen LogP contribution in [-0.4, -0.2) is 34.9 Å². The molecule has 302 valence electrons. The lowest BCUT2D eigenvalue weighted by molar-refractivity contribution is -0.123. The van der Waals surface area contributed by atoms with Gasteiger partial charge in [-0.15, -0.1) is 0 Å². The van der Waals surface area contributed by atoms with Crippen molar-refractivity contribution in [1.29, 1.82) is 0 Å². The molecule has 0 aliphatic carbocycles. The van der Waals surface area contributed by atoms with Gasteiger partial charge in [-0.3, -0.25) is 4.79 Å². The van der Waals surface area contributed by atoms with Gasteiger partial charge in [-0.2, -0.15) is 0 Å². The number of rotatable bonds is 40. The average Bonchev–Trinajstić information content (AvgIpc) is 3.15. The van der Waals surface area contributed by atoms with Crippen LogP contribution in [0.4, 0.5) is 0 Å². The van der Waals surface area contributed by atoms with E-state index in [4.69, 9.17) is 0 Å². The predicted molar refractivity (Wildman–Crippen MR) is 230 cm³/mol. The standard InChI is InChI=1S/C48H87NO3/c1-3-5-7-9-11-13-15-17-19-21-23-24-26-27-29-31-33-35-37-39-41-43-47(51)46(45-50)49-48(52)44-42-40-38-36-34-32-30-28-25-22-20-18-16-14-12-10-8-6-4-2/h6,8,12,14,18,20,25,28,32,34,46-47,50-51H,3-5,7,9-11,13,15-17,19,21-24,26-27,29-31,33,35-45H2,1-2H3,(H,49,52)/b8-6-,14-12-,20-18-,28-25-,34-32-. The fourth-order valence-electron chi connectivity index (χ4n) is 6.62. The van der Waals surface area contributed by atoms with Gasteiger partial charge >= 0.3 is 0 Å². The lowest BCUT2D eigenvalue weighted by atomic mass is 10.0. The molecule has 2 unspecified atom stereocenters. The van der Waals surface area contributed by atoms with Crippen molar-refractivity contribution in [3.05, 3.63) is 60.8 Å². The summed E-state index contributed by atoms with van der Waals surface area (Å²) in [7, 11) is 0. The molecule has 0 saturated carbocycles. The Morgan fingerprint density at radius 3 is 1.25 bits per heavy atom. The summed E-state index contributed by atoms with van der Waals surface area (Å²) in [6.45, 7) is 4.23. The molecule has 0 aromatic carbocycles. The van der Waals surface area contributed by atoms with E-state index >= 15 is 0 Å². The Labute approximate surface area is 324 Å². The van der Waals surface area contributed by atoms with Crippen molar-refractivity contribution < 1.29 is 15.0 Å². The van der Waals surface area contributed by atoms with Gasteiger partial charge in [0.1, 0.15) is 0 Å². The van der Waals surface area contributed by atoms with Crippen molar-refractivity contribution >= 4 is 5.91 Å². The third-order valence-corrected chi connectivity index (χ3v) is 10.0. The molecule has 4 nitrogen and oxygen atoms in total. The summed E-state index contributed by atoms with van der Waals surface area (Å²) in [5, 5.41) is 23.2.